The lowest BCUT2D eigenvalue weighted by Crippen LogP contribution is -2.22. The molecule has 1 unspecified atom stereocenters. The number of halogens is 3. The van der Waals surface area contributed by atoms with Gasteiger partial charge in [0.05, 0.1) is 25.3 Å². The number of nitrogens with one attached hydrogen (secondary N) is 1. The Bertz CT molecular complexity index is 1790. The van der Waals surface area contributed by atoms with Gasteiger partial charge in [0, 0.05) is 44.5 Å². The second-order valence-corrected chi connectivity index (χ2v) is 19.1. The van der Waals surface area contributed by atoms with E-state index in [0.717, 1.165) is 30.1 Å². The fraction of sp³-hybridized carbons (Fsp3) is 0.429. The van der Waals surface area contributed by atoms with Gasteiger partial charge in [0.2, 0.25) is 5.88 Å². The highest BCUT2D eigenvalue weighted by atomic mass is 32.2. The lowest BCUT2D eigenvalue weighted by Gasteiger charge is -2.26. The fourth-order valence-electron chi connectivity index (χ4n) is 5.11. The molecule has 1 aliphatic rings. The third-order valence-corrected chi connectivity index (χ3v) is 10.6. The summed E-state index contributed by atoms with van der Waals surface area (Å²) in [6.45, 7) is 9.80. The highest BCUT2D eigenvalue weighted by Gasteiger charge is 2.31. The summed E-state index contributed by atoms with van der Waals surface area (Å²) in [5, 5.41) is 8.55. The van der Waals surface area contributed by atoms with E-state index in [1.165, 1.54) is 7.11 Å². The molecule has 4 heterocycles. The molecular weight excluding hydrogens is 616 g/mol. The molecule has 0 radical (unpaired) electrons. The maximum absolute atomic E-state index is 15.8. The van der Waals surface area contributed by atoms with Crippen molar-refractivity contribution in [3.8, 4) is 17.4 Å². The van der Waals surface area contributed by atoms with Crippen LogP contribution in [0.25, 0.3) is 11.5 Å². The van der Waals surface area contributed by atoms with Crippen molar-refractivity contribution in [3.63, 3.8) is 0 Å². The van der Waals surface area contributed by atoms with Crippen molar-refractivity contribution in [2.24, 2.45) is 0 Å². The van der Waals surface area contributed by atoms with Crippen LogP contribution in [0.1, 0.15) is 29.4 Å². The Kier molecular flexibility index (Phi) is 8.86. The number of pyridine rings is 1. The Morgan fingerprint density at radius 1 is 1.14 bits per heavy atom. The molecule has 0 amide bonds. The second kappa shape index (κ2) is 12.3. The number of methoxy groups -OCH3 is 1. The molecule has 16 heteroatoms. The van der Waals surface area contributed by atoms with Gasteiger partial charge in [-0.15, -0.1) is 10.2 Å². The quantitative estimate of drug-likeness (QED) is 0.176. The molecule has 1 aromatic carbocycles. The molecule has 0 fully saturated rings. The largest absolute Gasteiger partial charge is 0.480 e. The summed E-state index contributed by atoms with van der Waals surface area (Å²) >= 11 is 0. The van der Waals surface area contributed by atoms with Gasteiger partial charge >= 0.3 is 0 Å². The summed E-state index contributed by atoms with van der Waals surface area (Å²) in [6, 6.07) is 3.71. The van der Waals surface area contributed by atoms with Gasteiger partial charge in [-0.25, -0.2) is 31.6 Å². The first-order valence-corrected chi connectivity index (χ1v) is 19.2. The number of hydrogen-bond acceptors (Lipinski definition) is 8. The minimum absolute atomic E-state index is 0.202. The molecule has 3 aromatic heterocycles. The number of rotatable bonds is 11. The van der Waals surface area contributed by atoms with Gasteiger partial charge in [0.15, 0.2) is 16.5 Å². The van der Waals surface area contributed by atoms with Crippen LogP contribution in [0.15, 0.2) is 35.6 Å². The molecule has 1 atom stereocenters. The number of benzene rings is 1. The summed E-state index contributed by atoms with van der Waals surface area (Å²) in [5.41, 5.74) is 0.728. The van der Waals surface area contributed by atoms with E-state index in [4.69, 9.17) is 9.47 Å². The molecule has 0 saturated heterocycles. The monoisotopic (exact) mass is 649 g/mol. The van der Waals surface area contributed by atoms with Crippen LogP contribution in [-0.4, -0.2) is 59.5 Å². The Labute approximate surface area is 254 Å². The van der Waals surface area contributed by atoms with Crippen molar-refractivity contribution >= 4 is 23.8 Å². The number of sulfonamides is 1. The van der Waals surface area contributed by atoms with Crippen molar-refractivity contribution in [1.29, 1.82) is 0 Å². The van der Waals surface area contributed by atoms with Crippen LogP contribution in [0.3, 0.4) is 0 Å². The van der Waals surface area contributed by atoms with Gasteiger partial charge in [-0.3, -0.25) is 9.29 Å². The van der Waals surface area contributed by atoms with Crippen LogP contribution >= 0.6 is 0 Å². The van der Waals surface area contributed by atoms with E-state index in [1.54, 1.807) is 6.33 Å². The Hall–Kier alpha value is -3.76. The van der Waals surface area contributed by atoms with E-state index in [-0.39, 0.29) is 24.7 Å². The zero-order valence-electron chi connectivity index (χ0n) is 25.1. The van der Waals surface area contributed by atoms with Crippen LogP contribution in [0.5, 0.6) is 5.88 Å². The van der Waals surface area contributed by atoms with Crippen molar-refractivity contribution in [3.05, 3.63) is 65.3 Å². The molecule has 44 heavy (non-hydrogen) atoms. The highest BCUT2D eigenvalue weighted by Crippen LogP contribution is 2.38. The number of aryl methyl sites for hydroxylation is 1. The molecule has 11 nitrogen and oxygen atoms in total. The first-order valence-electron chi connectivity index (χ1n) is 14.0. The number of anilines is 1. The molecule has 0 saturated carbocycles. The minimum Gasteiger partial charge on any atom is -0.480 e. The van der Waals surface area contributed by atoms with Crippen molar-refractivity contribution in [2.75, 3.05) is 18.4 Å². The van der Waals surface area contributed by atoms with Gasteiger partial charge < -0.3 is 14.0 Å². The van der Waals surface area contributed by atoms with Gasteiger partial charge in [-0.05, 0) is 37.9 Å². The topological polar surface area (TPSA) is 126 Å². The smallest absolute Gasteiger partial charge is 0.267 e. The molecule has 5 rings (SSSR count). The first-order chi connectivity index (χ1) is 20.8. The average molecular weight is 650 g/mol. The molecule has 236 valence electrons. The maximum Gasteiger partial charge on any atom is 0.267 e. The Morgan fingerprint density at radius 2 is 1.91 bits per heavy atom. The van der Waals surface area contributed by atoms with E-state index in [1.807, 2.05) is 16.1 Å². The lowest BCUT2D eigenvalue weighted by molar-refractivity contribution is 0.0866. The summed E-state index contributed by atoms with van der Waals surface area (Å²) < 4.78 is 87.4. The number of hydrogen-bond donors (Lipinski definition) is 1. The minimum atomic E-state index is -4.53. The summed E-state index contributed by atoms with van der Waals surface area (Å²) in [4.78, 5) is 7.56. The van der Waals surface area contributed by atoms with E-state index in [2.05, 4.69) is 44.5 Å². The van der Waals surface area contributed by atoms with Gasteiger partial charge in [-0.1, -0.05) is 19.6 Å². The lowest BCUT2D eigenvalue weighted by atomic mass is 9.89. The molecule has 0 aliphatic carbocycles. The normalized spacial score (nSPS) is 15.3. The van der Waals surface area contributed by atoms with Gasteiger partial charge in [0.1, 0.15) is 29.9 Å². The molecule has 0 bridgehead atoms. The number of ether oxygens (including phenoxy) is 2. The third kappa shape index (κ3) is 6.51. The number of imidazole rings is 1. The number of aromatic nitrogens is 6. The summed E-state index contributed by atoms with van der Waals surface area (Å²) in [7, 11) is -4.61. The fourth-order valence-corrected chi connectivity index (χ4v) is 7.06. The van der Waals surface area contributed by atoms with Crippen molar-refractivity contribution in [1.82, 2.24) is 29.3 Å². The standard InChI is InChI=1S/C28H34F3N7O4SSi/c1-17-34-35-27(38(17)16-42-10-11-44(3,4)5)26-22-9-6-18(14-37(22)15-33-26)24-20(30)7-8-21(25(24)31)36-43(39,40)23-12-19(29)13-32-28(23)41-2/h7-8,12-13,15,18,36H,6,9-11,14,16H2,1-5H3. The van der Waals surface area contributed by atoms with Crippen molar-refractivity contribution in [2.45, 2.75) is 69.5 Å². The molecule has 1 aliphatic heterocycles. The zero-order chi connectivity index (χ0) is 31.8. The highest BCUT2D eigenvalue weighted by molar-refractivity contribution is 7.92. The van der Waals surface area contributed by atoms with Crippen LogP contribution < -0.4 is 9.46 Å². The van der Waals surface area contributed by atoms with Crippen LogP contribution in [-0.2, 0) is 34.5 Å². The second-order valence-electron chi connectivity index (χ2n) is 11.9. The van der Waals surface area contributed by atoms with Gasteiger partial charge in [0.25, 0.3) is 10.0 Å². The summed E-state index contributed by atoms with van der Waals surface area (Å²) in [5.74, 6) is -2.55. The predicted octanol–water partition coefficient (Wildman–Crippen LogP) is 5.11. The van der Waals surface area contributed by atoms with Crippen LogP contribution in [0.2, 0.25) is 25.7 Å². The third-order valence-electron chi connectivity index (χ3n) is 7.50. The maximum atomic E-state index is 15.8. The first kappa shape index (κ1) is 31.7. The van der Waals surface area contributed by atoms with Gasteiger partial charge in [-0.2, -0.15) is 0 Å². The Morgan fingerprint density at radius 3 is 2.64 bits per heavy atom. The van der Waals surface area contributed by atoms with Crippen LogP contribution in [0.4, 0.5) is 18.9 Å². The molecular formula is C28H34F3N7O4SSi. The number of fused-ring (bicyclic) bond motifs is 1. The molecule has 4 aromatic rings. The summed E-state index contributed by atoms with van der Waals surface area (Å²) in [6.07, 6.45) is 3.19. The Balaban J connectivity index is 1.38. The van der Waals surface area contributed by atoms with Crippen LogP contribution in [0, 0.1) is 24.4 Å². The van der Waals surface area contributed by atoms with E-state index in [0.29, 0.717) is 42.9 Å². The SMILES string of the molecule is COc1ncc(F)cc1S(=O)(=O)Nc1ccc(F)c(C2CCc3c(-c4nnc(C)n4COCC[Si](C)(C)C)ncn3C2)c1F. The average Bonchev–Trinajstić information content (AvgIpc) is 3.54. The van der Waals surface area contributed by atoms with E-state index >= 15 is 8.78 Å². The van der Waals surface area contributed by atoms with E-state index < -0.39 is 52.0 Å². The predicted molar refractivity (Wildman–Crippen MR) is 159 cm³/mol. The molecule has 1 N–H and O–H groups in total. The number of nitrogens with zero attached hydrogens (tertiary/aromatic N) is 6. The molecule has 0 spiro atoms. The van der Waals surface area contributed by atoms with E-state index in [9.17, 15) is 12.8 Å². The van der Waals surface area contributed by atoms with Crippen molar-refractivity contribution < 1.29 is 31.1 Å². The zero-order valence-corrected chi connectivity index (χ0v) is 26.9.